The van der Waals surface area contributed by atoms with Crippen molar-refractivity contribution in [1.82, 2.24) is 20.0 Å². The van der Waals surface area contributed by atoms with Crippen LogP contribution >= 0.6 is 0 Å². The van der Waals surface area contributed by atoms with Crippen LogP contribution in [0, 0.1) is 5.92 Å². The minimum absolute atomic E-state index is 0.603. The number of nitrogens with zero attached hydrogens (tertiary/aromatic N) is 3. The fourth-order valence-electron chi connectivity index (χ4n) is 3.54. The molecule has 4 rings (SSSR count). The van der Waals surface area contributed by atoms with E-state index in [2.05, 4.69) is 46.5 Å². The van der Waals surface area contributed by atoms with Crippen molar-refractivity contribution in [2.24, 2.45) is 5.92 Å². The summed E-state index contributed by atoms with van der Waals surface area (Å²) < 4.78 is 1.95. The van der Waals surface area contributed by atoms with E-state index in [9.17, 15) is 0 Å². The van der Waals surface area contributed by atoms with Gasteiger partial charge in [0.05, 0.1) is 5.69 Å². The number of benzene rings is 1. The molecule has 1 N–H and O–H groups in total. The highest BCUT2D eigenvalue weighted by molar-refractivity contribution is 5.40. The van der Waals surface area contributed by atoms with E-state index in [1.807, 2.05) is 23.1 Å². The van der Waals surface area contributed by atoms with Crippen molar-refractivity contribution in [3.8, 4) is 5.69 Å². The van der Waals surface area contributed by atoms with Gasteiger partial charge in [0, 0.05) is 44.1 Å². The molecule has 0 spiro atoms. The van der Waals surface area contributed by atoms with Crippen molar-refractivity contribution in [3.63, 3.8) is 0 Å². The molecule has 22 heavy (non-hydrogen) atoms. The third kappa shape index (κ3) is 2.81. The Balaban J connectivity index is 1.44. The van der Waals surface area contributed by atoms with Gasteiger partial charge in [-0.3, -0.25) is 4.90 Å². The SMILES string of the molecule is CC1CN(C2CC2)CC1NCc1ccccc1-n1cccn1. The summed E-state index contributed by atoms with van der Waals surface area (Å²) in [5, 5.41) is 8.15. The standard InChI is InChI=1S/C18H24N4/c1-14-12-21(16-7-8-16)13-17(14)19-11-15-5-2-3-6-18(15)22-10-4-9-20-22/h2-6,9-10,14,16-17,19H,7-8,11-13H2,1H3. The summed E-state index contributed by atoms with van der Waals surface area (Å²) in [5.41, 5.74) is 2.48. The van der Waals surface area contributed by atoms with Gasteiger partial charge in [-0.15, -0.1) is 0 Å². The highest BCUT2D eigenvalue weighted by atomic mass is 15.3. The molecule has 1 aliphatic carbocycles. The van der Waals surface area contributed by atoms with E-state index in [4.69, 9.17) is 0 Å². The summed E-state index contributed by atoms with van der Waals surface area (Å²) in [6.45, 7) is 5.74. The lowest BCUT2D eigenvalue weighted by Gasteiger charge is -2.18. The Morgan fingerprint density at radius 2 is 2.05 bits per heavy atom. The maximum absolute atomic E-state index is 4.37. The van der Waals surface area contributed by atoms with E-state index in [-0.39, 0.29) is 0 Å². The van der Waals surface area contributed by atoms with Crippen LogP contribution in [0.2, 0.25) is 0 Å². The van der Waals surface area contributed by atoms with Crippen LogP contribution in [0.1, 0.15) is 25.3 Å². The van der Waals surface area contributed by atoms with Gasteiger partial charge >= 0.3 is 0 Å². The second kappa shape index (κ2) is 5.86. The Hall–Kier alpha value is -1.65. The second-order valence-electron chi connectivity index (χ2n) is 6.73. The monoisotopic (exact) mass is 296 g/mol. The van der Waals surface area contributed by atoms with Gasteiger partial charge in [0.2, 0.25) is 0 Å². The Bertz CT molecular complexity index is 618. The molecule has 1 aliphatic heterocycles. The van der Waals surface area contributed by atoms with Crippen LogP contribution < -0.4 is 5.32 Å². The number of hydrogen-bond acceptors (Lipinski definition) is 3. The summed E-state index contributed by atoms with van der Waals surface area (Å²) in [4.78, 5) is 2.67. The Morgan fingerprint density at radius 3 is 2.82 bits per heavy atom. The molecule has 1 saturated carbocycles. The van der Waals surface area contributed by atoms with Gasteiger partial charge in [-0.1, -0.05) is 25.1 Å². The van der Waals surface area contributed by atoms with Crippen LogP contribution in [-0.2, 0) is 6.54 Å². The highest BCUT2D eigenvalue weighted by Crippen LogP contribution is 2.31. The fraction of sp³-hybridized carbons (Fsp3) is 0.500. The normalized spacial score (nSPS) is 25.7. The third-order valence-corrected chi connectivity index (χ3v) is 5.00. The number of para-hydroxylation sites is 1. The average Bonchev–Trinajstić information content (AvgIpc) is 3.11. The lowest BCUT2D eigenvalue weighted by Crippen LogP contribution is -2.35. The molecule has 2 fully saturated rings. The van der Waals surface area contributed by atoms with Crippen molar-refractivity contribution < 1.29 is 0 Å². The van der Waals surface area contributed by atoms with Crippen molar-refractivity contribution >= 4 is 0 Å². The first-order valence-corrected chi connectivity index (χ1v) is 8.36. The van der Waals surface area contributed by atoms with Gasteiger partial charge in [-0.2, -0.15) is 5.10 Å². The first-order chi connectivity index (χ1) is 10.8. The zero-order valence-corrected chi connectivity index (χ0v) is 13.2. The van der Waals surface area contributed by atoms with Crippen molar-refractivity contribution in [1.29, 1.82) is 0 Å². The number of aromatic nitrogens is 2. The van der Waals surface area contributed by atoms with Crippen molar-refractivity contribution in [3.05, 3.63) is 48.3 Å². The Labute approximate surface area is 132 Å². The molecule has 2 aliphatic rings. The molecule has 0 bridgehead atoms. The van der Waals surface area contributed by atoms with Crippen LogP contribution in [0.15, 0.2) is 42.7 Å². The van der Waals surface area contributed by atoms with Crippen molar-refractivity contribution in [2.75, 3.05) is 13.1 Å². The minimum Gasteiger partial charge on any atom is -0.308 e. The molecule has 1 aromatic carbocycles. The van der Waals surface area contributed by atoms with Crippen LogP contribution in [0.5, 0.6) is 0 Å². The maximum Gasteiger partial charge on any atom is 0.0690 e. The molecular weight excluding hydrogens is 272 g/mol. The summed E-state index contributed by atoms with van der Waals surface area (Å²) in [7, 11) is 0. The van der Waals surface area contributed by atoms with E-state index < -0.39 is 0 Å². The molecule has 2 atom stereocenters. The molecule has 2 unspecified atom stereocenters. The molecule has 0 radical (unpaired) electrons. The van der Waals surface area contributed by atoms with Crippen LogP contribution in [-0.4, -0.2) is 39.9 Å². The minimum atomic E-state index is 0.603. The van der Waals surface area contributed by atoms with E-state index in [0.717, 1.165) is 18.5 Å². The van der Waals surface area contributed by atoms with Crippen LogP contribution in [0.25, 0.3) is 5.69 Å². The predicted octanol–water partition coefficient (Wildman–Crippen LogP) is 2.44. The first kappa shape index (κ1) is 14.0. The molecule has 2 aromatic rings. The highest BCUT2D eigenvalue weighted by Gasteiger charge is 2.37. The van der Waals surface area contributed by atoms with Crippen LogP contribution in [0.3, 0.4) is 0 Å². The largest absolute Gasteiger partial charge is 0.308 e. The van der Waals surface area contributed by atoms with E-state index in [0.29, 0.717) is 6.04 Å². The molecule has 2 heterocycles. The summed E-state index contributed by atoms with van der Waals surface area (Å²) >= 11 is 0. The zero-order chi connectivity index (χ0) is 14.9. The molecular formula is C18H24N4. The molecule has 1 aromatic heterocycles. The first-order valence-electron chi connectivity index (χ1n) is 8.36. The van der Waals surface area contributed by atoms with E-state index in [1.165, 1.54) is 37.2 Å². The topological polar surface area (TPSA) is 33.1 Å². The molecule has 116 valence electrons. The zero-order valence-electron chi connectivity index (χ0n) is 13.2. The summed E-state index contributed by atoms with van der Waals surface area (Å²) in [5.74, 6) is 0.734. The summed E-state index contributed by atoms with van der Waals surface area (Å²) in [6, 6.07) is 12.0. The number of rotatable bonds is 5. The summed E-state index contributed by atoms with van der Waals surface area (Å²) in [6.07, 6.45) is 6.64. The fourth-order valence-corrected chi connectivity index (χ4v) is 3.54. The Morgan fingerprint density at radius 1 is 1.18 bits per heavy atom. The second-order valence-corrected chi connectivity index (χ2v) is 6.73. The van der Waals surface area contributed by atoms with E-state index in [1.54, 1.807) is 0 Å². The smallest absolute Gasteiger partial charge is 0.0690 e. The lowest BCUT2D eigenvalue weighted by molar-refractivity contribution is 0.313. The number of likely N-dealkylation sites (tertiary alicyclic amines) is 1. The third-order valence-electron chi connectivity index (χ3n) is 5.00. The number of hydrogen-bond donors (Lipinski definition) is 1. The average molecular weight is 296 g/mol. The van der Waals surface area contributed by atoms with Gasteiger partial charge in [-0.05, 0) is 36.5 Å². The predicted molar refractivity (Wildman–Crippen MR) is 88.0 cm³/mol. The van der Waals surface area contributed by atoms with Gasteiger partial charge in [-0.25, -0.2) is 4.68 Å². The van der Waals surface area contributed by atoms with Gasteiger partial charge < -0.3 is 5.32 Å². The quantitative estimate of drug-likeness (QED) is 0.920. The lowest BCUT2D eigenvalue weighted by atomic mass is 10.1. The molecule has 4 heteroatoms. The number of nitrogens with one attached hydrogen (secondary N) is 1. The Kier molecular flexibility index (Phi) is 3.72. The van der Waals surface area contributed by atoms with Crippen molar-refractivity contribution in [2.45, 2.75) is 38.4 Å². The van der Waals surface area contributed by atoms with Crippen LogP contribution in [0.4, 0.5) is 0 Å². The molecule has 4 nitrogen and oxygen atoms in total. The van der Waals surface area contributed by atoms with E-state index >= 15 is 0 Å². The van der Waals surface area contributed by atoms with Gasteiger partial charge in [0.15, 0.2) is 0 Å². The van der Waals surface area contributed by atoms with Gasteiger partial charge in [0.25, 0.3) is 0 Å². The maximum atomic E-state index is 4.37. The molecule has 1 saturated heterocycles. The van der Waals surface area contributed by atoms with Gasteiger partial charge in [0.1, 0.15) is 0 Å². The molecule has 0 amide bonds.